The van der Waals surface area contributed by atoms with E-state index in [4.69, 9.17) is 4.74 Å². The number of hydrogen-bond donors (Lipinski definition) is 1. The number of aryl methyl sites for hydroxylation is 3. The van der Waals surface area contributed by atoms with Crippen LogP contribution in [0.3, 0.4) is 0 Å². The van der Waals surface area contributed by atoms with Crippen molar-refractivity contribution in [2.24, 2.45) is 0 Å². The first-order valence-electron chi connectivity index (χ1n) is 7.00. The zero-order valence-electron chi connectivity index (χ0n) is 12.5. The summed E-state index contributed by atoms with van der Waals surface area (Å²) in [5, 5.41) is 2.62. The molecule has 1 unspecified atom stereocenters. The van der Waals surface area contributed by atoms with Crippen molar-refractivity contribution in [1.29, 1.82) is 0 Å². The van der Waals surface area contributed by atoms with E-state index < -0.39 is 0 Å². The second-order valence-corrected chi connectivity index (χ2v) is 5.22. The Kier molecular flexibility index (Phi) is 6.40. The Hall–Kier alpha value is -1.51. The van der Waals surface area contributed by atoms with E-state index in [0.717, 1.165) is 19.3 Å². The summed E-state index contributed by atoms with van der Waals surface area (Å²) < 4.78 is 4.91. The lowest BCUT2D eigenvalue weighted by Gasteiger charge is -2.04. The molecule has 0 aliphatic carbocycles. The Labute approximate surface area is 116 Å². The maximum Gasteiger partial charge on any atom is 0.407 e. The van der Waals surface area contributed by atoms with Crippen molar-refractivity contribution in [3.05, 3.63) is 34.9 Å². The molecule has 0 aromatic heterocycles. The van der Waals surface area contributed by atoms with E-state index >= 15 is 0 Å². The summed E-state index contributed by atoms with van der Waals surface area (Å²) in [5.74, 6) is 0. The quantitative estimate of drug-likeness (QED) is 0.898. The van der Waals surface area contributed by atoms with Gasteiger partial charge in [-0.2, -0.15) is 0 Å². The highest BCUT2D eigenvalue weighted by molar-refractivity contribution is 5.69. The highest BCUT2D eigenvalue weighted by Crippen LogP contribution is 2.08. The molecule has 1 aliphatic rings. The Morgan fingerprint density at radius 1 is 1.16 bits per heavy atom. The number of carbonyl (C=O) groups is 1. The normalized spacial score (nSPS) is 17.3. The van der Waals surface area contributed by atoms with Crippen LogP contribution >= 0.6 is 0 Å². The molecule has 106 valence electrons. The van der Waals surface area contributed by atoms with Crippen LogP contribution in [0.15, 0.2) is 18.2 Å². The molecule has 0 spiro atoms. The van der Waals surface area contributed by atoms with E-state index in [1.165, 1.54) is 16.7 Å². The number of amides is 1. The summed E-state index contributed by atoms with van der Waals surface area (Å²) in [6, 6.07) is 6.56. The molecule has 1 fully saturated rings. The molecule has 1 heterocycles. The van der Waals surface area contributed by atoms with Crippen LogP contribution in [-0.4, -0.2) is 18.7 Å². The van der Waals surface area contributed by atoms with Gasteiger partial charge in [0, 0.05) is 0 Å². The molecule has 1 aromatic carbocycles. The largest absolute Gasteiger partial charge is 0.444 e. The number of rotatable bonds is 3. The smallest absolute Gasteiger partial charge is 0.407 e. The van der Waals surface area contributed by atoms with E-state index in [-0.39, 0.29) is 12.2 Å². The Morgan fingerprint density at radius 3 is 2.05 bits per heavy atom. The molecular weight excluding hydrogens is 238 g/mol. The minimum Gasteiger partial charge on any atom is -0.444 e. The zero-order valence-corrected chi connectivity index (χ0v) is 12.5. The van der Waals surface area contributed by atoms with Gasteiger partial charge in [0.2, 0.25) is 0 Å². The fraction of sp³-hybridized carbons (Fsp3) is 0.562. The molecule has 1 N–H and O–H groups in total. The number of hydrogen-bond acceptors (Lipinski definition) is 2. The fourth-order valence-corrected chi connectivity index (χ4v) is 2.23. The molecule has 0 saturated carbocycles. The molecule has 1 aromatic rings. The average Bonchev–Trinajstić information content (AvgIpc) is 2.71. The molecule has 1 saturated heterocycles. The lowest BCUT2D eigenvalue weighted by atomic mass is 10.1. The van der Waals surface area contributed by atoms with Crippen molar-refractivity contribution in [1.82, 2.24) is 5.32 Å². The van der Waals surface area contributed by atoms with Crippen LogP contribution in [0.4, 0.5) is 4.79 Å². The average molecular weight is 263 g/mol. The summed E-state index contributed by atoms with van der Waals surface area (Å²) in [7, 11) is 0. The molecule has 1 aliphatic heterocycles. The maximum atomic E-state index is 10.5. The van der Waals surface area contributed by atoms with Crippen molar-refractivity contribution in [2.45, 2.75) is 53.1 Å². The van der Waals surface area contributed by atoms with Crippen LogP contribution in [0, 0.1) is 20.8 Å². The number of nitrogens with one attached hydrogen (secondary N) is 1. The standard InChI is InChI=1S/C9H12.C7H13NO2/c1-7-4-8(2)6-9(3)5-7;1-2-3-4-6-5-8-7(9)10-6/h4-6H,1-3H3;6H,2-5H2,1H3,(H,8,9). The van der Waals surface area contributed by atoms with Gasteiger partial charge in [-0.05, 0) is 33.6 Å². The lowest BCUT2D eigenvalue weighted by Crippen LogP contribution is -2.14. The van der Waals surface area contributed by atoms with Crippen molar-refractivity contribution >= 4 is 6.09 Å². The second kappa shape index (κ2) is 7.82. The van der Waals surface area contributed by atoms with Crippen molar-refractivity contribution < 1.29 is 9.53 Å². The summed E-state index contributed by atoms with van der Waals surface area (Å²) in [6.45, 7) is 9.20. The fourth-order valence-electron chi connectivity index (χ4n) is 2.23. The van der Waals surface area contributed by atoms with Crippen LogP contribution in [0.25, 0.3) is 0 Å². The molecule has 19 heavy (non-hydrogen) atoms. The Morgan fingerprint density at radius 2 is 1.68 bits per heavy atom. The van der Waals surface area contributed by atoms with Crippen LogP contribution in [0.2, 0.25) is 0 Å². The van der Waals surface area contributed by atoms with E-state index in [1.807, 2.05) is 0 Å². The molecule has 1 amide bonds. The summed E-state index contributed by atoms with van der Waals surface area (Å²) in [5.41, 5.74) is 4.06. The van der Waals surface area contributed by atoms with Gasteiger partial charge in [-0.25, -0.2) is 4.79 Å². The van der Waals surface area contributed by atoms with Crippen LogP contribution < -0.4 is 5.32 Å². The van der Waals surface area contributed by atoms with E-state index in [1.54, 1.807) is 0 Å². The molecule has 1 atom stereocenters. The van der Waals surface area contributed by atoms with Gasteiger partial charge in [-0.1, -0.05) is 48.2 Å². The summed E-state index contributed by atoms with van der Waals surface area (Å²) in [6.07, 6.45) is 3.16. The third kappa shape index (κ3) is 6.27. The lowest BCUT2D eigenvalue weighted by molar-refractivity contribution is 0.134. The van der Waals surface area contributed by atoms with Gasteiger partial charge in [0.05, 0.1) is 6.54 Å². The van der Waals surface area contributed by atoms with Gasteiger partial charge >= 0.3 is 6.09 Å². The predicted octanol–water partition coefficient (Wildman–Crippen LogP) is 3.90. The van der Waals surface area contributed by atoms with Gasteiger partial charge in [-0.3, -0.25) is 0 Å². The van der Waals surface area contributed by atoms with Gasteiger partial charge in [0.15, 0.2) is 0 Å². The minimum absolute atomic E-state index is 0.132. The van der Waals surface area contributed by atoms with Gasteiger partial charge in [0.25, 0.3) is 0 Å². The molecule has 0 bridgehead atoms. The Balaban J connectivity index is 0.000000191. The topological polar surface area (TPSA) is 38.3 Å². The van der Waals surface area contributed by atoms with Crippen LogP contribution in [0.1, 0.15) is 42.9 Å². The third-order valence-electron chi connectivity index (χ3n) is 2.99. The summed E-state index contributed by atoms with van der Waals surface area (Å²) in [4.78, 5) is 10.5. The third-order valence-corrected chi connectivity index (χ3v) is 2.99. The monoisotopic (exact) mass is 263 g/mol. The molecule has 2 rings (SSSR count). The molecular formula is C16H25NO2. The van der Waals surface area contributed by atoms with Crippen molar-refractivity contribution in [3.63, 3.8) is 0 Å². The van der Waals surface area contributed by atoms with Crippen LogP contribution in [-0.2, 0) is 4.74 Å². The number of ether oxygens (including phenoxy) is 1. The number of carbonyl (C=O) groups excluding carboxylic acids is 1. The highest BCUT2D eigenvalue weighted by Gasteiger charge is 2.20. The Bertz CT molecular complexity index is 365. The van der Waals surface area contributed by atoms with Crippen molar-refractivity contribution in [2.75, 3.05) is 6.54 Å². The SMILES string of the molecule is CCCCC1CNC(=O)O1.Cc1cc(C)cc(C)c1. The van der Waals surface area contributed by atoms with E-state index in [9.17, 15) is 4.79 Å². The van der Waals surface area contributed by atoms with Gasteiger partial charge in [0.1, 0.15) is 6.10 Å². The van der Waals surface area contributed by atoms with Gasteiger partial charge < -0.3 is 10.1 Å². The number of benzene rings is 1. The first kappa shape index (κ1) is 15.5. The highest BCUT2D eigenvalue weighted by atomic mass is 16.6. The van der Waals surface area contributed by atoms with E-state index in [0.29, 0.717) is 6.54 Å². The molecule has 3 heteroatoms. The number of alkyl carbamates (subject to hydrolysis) is 1. The van der Waals surface area contributed by atoms with Crippen molar-refractivity contribution in [3.8, 4) is 0 Å². The number of unbranched alkanes of at least 4 members (excludes halogenated alkanes) is 1. The maximum absolute atomic E-state index is 10.5. The second-order valence-electron chi connectivity index (χ2n) is 5.22. The van der Waals surface area contributed by atoms with Crippen LogP contribution in [0.5, 0.6) is 0 Å². The minimum atomic E-state index is -0.263. The molecule has 3 nitrogen and oxygen atoms in total. The number of cyclic esters (lactones) is 1. The first-order chi connectivity index (χ1) is 9.01. The van der Waals surface area contributed by atoms with Gasteiger partial charge in [-0.15, -0.1) is 0 Å². The summed E-state index contributed by atoms with van der Waals surface area (Å²) >= 11 is 0. The zero-order chi connectivity index (χ0) is 14.3. The predicted molar refractivity (Wildman–Crippen MR) is 78.4 cm³/mol. The molecule has 0 radical (unpaired) electrons. The van der Waals surface area contributed by atoms with E-state index in [2.05, 4.69) is 51.2 Å². The first-order valence-corrected chi connectivity index (χ1v) is 7.00.